The zero-order chi connectivity index (χ0) is 20.6. The summed E-state index contributed by atoms with van der Waals surface area (Å²) in [7, 11) is -1.68. The SMILES string of the molecule is CC1Cc2ccccc2N1S(=O)(=O)c1cccc(C(=O)NC2CCN(C)CC2)c1. The van der Waals surface area contributed by atoms with Crippen LogP contribution in [0.5, 0.6) is 0 Å². The lowest BCUT2D eigenvalue weighted by atomic mass is 10.0. The number of amides is 1. The number of carbonyl (C=O) groups is 1. The summed E-state index contributed by atoms with van der Waals surface area (Å²) in [5, 5.41) is 3.05. The van der Waals surface area contributed by atoms with Crippen LogP contribution in [0.25, 0.3) is 0 Å². The van der Waals surface area contributed by atoms with Gasteiger partial charge in [-0.2, -0.15) is 0 Å². The Hall–Kier alpha value is -2.38. The molecule has 6 nitrogen and oxygen atoms in total. The Morgan fingerprint density at radius 1 is 1.07 bits per heavy atom. The first kappa shape index (κ1) is 19.9. The molecule has 0 bridgehead atoms. The minimum Gasteiger partial charge on any atom is -0.349 e. The number of anilines is 1. The van der Waals surface area contributed by atoms with Crippen LogP contribution in [0.2, 0.25) is 0 Å². The number of hydrogen-bond acceptors (Lipinski definition) is 4. The highest BCUT2D eigenvalue weighted by Gasteiger charge is 2.36. The quantitative estimate of drug-likeness (QED) is 0.837. The molecule has 0 aromatic heterocycles. The molecule has 2 aliphatic heterocycles. The average molecular weight is 414 g/mol. The number of fused-ring (bicyclic) bond motifs is 1. The summed E-state index contributed by atoms with van der Waals surface area (Å²) in [6.45, 7) is 3.81. The Morgan fingerprint density at radius 3 is 2.55 bits per heavy atom. The van der Waals surface area contributed by atoms with Crippen molar-refractivity contribution < 1.29 is 13.2 Å². The molecule has 0 radical (unpaired) electrons. The molecule has 2 heterocycles. The first-order chi connectivity index (χ1) is 13.9. The molecule has 7 heteroatoms. The number of carbonyl (C=O) groups excluding carboxylic acids is 1. The molecule has 0 saturated carbocycles. The number of sulfonamides is 1. The fourth-order valence-corrected chi connectivity index (χ4v) is 5.98. The lowest BCUT2D eigenvalue weighted by Crippen LogP contribution is -2.43. The molecule has 29 heavy (non-hydrogen) atoms. The summed E-state index contributed by atoms with van der Waals surface area (Å²) in [6, 6.07) is 13.9. The first-order valence-corrected chi connectivity index (χ1v) is 11.5. The van der Waals surface area contributed by atoms with Crippen molar-refractivity contribution in [2.24, 2.45) is 0 Å². The predicted molar refractivity (Wildman–Crippen MR) is 114 cm³/mol. The molecule has 1 fully saturated rings. The summed E-state index contributed by atoms with van der Waals surface area (Å²) in [6.07, 6.45) is 2.50. The Bertz CT molecular complexity index is 1010. The number of benzene rings is 2. The molecule has 2 aromatic rings. The van der Waals surface area contributed by atoms with Gasteiger partial charge < -0.3 is 10.2 Å². The highest BCUT2D eigenvalue weighted by Crippen LogP contribution is 2.36. The van der Waals surface area contributed by atoms with Gasteiger partial charge in [0.1, 0.15) is 0 Å². The fourth-order valence-electron chi connectivity index (χ4n) is 4.24. The van der Waals surface area contributed by atoms with Crippen molar-refractivity contribution in [2.45, 2.75) is 43.2 Å². The van der Waals surface area contributed by atoms with Crippen molar-refractivity contribution in [1.29, 1.82) is 0 Å². The number of hydrogen-bond donors (Lipinski definition) is 1. The molecule has 2 aromatic carbocycles. The van der Waals surface area contributed by atoms with E-state index in [9.17, 15) is 13.2 Å². The summed E-state index contributed by atoms with van der Waals surface area (Å²) in [4.78, 5) is 15.1. The number of para-hydroxylation sites is 1. The number of piperidine rings is 1. The van der Waals surface area contributed by atoms with Crippen LogP contribution in [0.1, 0.15) is 35.7 Å². The Morgan fingerprint density at radius 2 is 1.79 bits per heavy atom. The van der Waals surface area contributed by atoms with E-state index in [0.29, 0.717) is 12.0 Å². The van der Waals surface area contributed by atoms with Gasteiger partial charge in [0.25, 0.3) is 15.9 Å². The molecule has 0 aliphatic carbocycles. The van der Waals surface area contributed by atoms with Crippen LogP contribution in [0.4, 0.5) is 5.69 Å². The highest BCUT2D eigenvalue weighted by molar-refractivity contribution is 7.92. The van der Waals surface area contributed by atoms with Crippen LogP contribution in [0.3, 0.4) is 0 Å². The molecule has 1 unspecified atom stereocenters. The number of nitrogens with zero attached hydrogens (tertiary/aromatic N) is 2. The van der Waals surface area contributed by atoms with E-state index in [2.05, 4.69) is 17.3 Å². The van der Waals surface area contributed by atoms with Crippen LogP contribution in [0.15, 0.2) is 53.4 Å². The molecular formula is C22H27N3O3S. The molecule has 0 spiro atoms. The lowest BCUT2D eigenvalue weighted by Gasteiger charge is -2.29. The van der Waals surface area contributed by atoms with E-state index >= 15 is 0 Å². The van der Waals surface area contributed by atoms with Gasteiger partial charge in [0, 0.05) is 17.6 Å². The van der Waals surface area contributed by atoms with Gasteiger partial charge in [-0.1, -0.05) is 24.3 Å². The Kier molecular flexibility index (Phi) is 5.36. The number of rotatable bonds is 4. The van der Waals surface area contributed by atoms with Crippen molar-refractivity contribution in [1.82, 2.24) is 10.2 Å². The summed E-state index contributed by atoms with van der Waals surface area (Å²) in [5.41, 5.74) is 2.13. The van der Waals surface area contributed by atoms with Gasteiger partial charge in [-0.05, 0) is 76.2 Å². The molecule has 1 amide bonds. The maximum absolute atomic E-state index is 13.4. The van der Waals surface area contributed by atoms with E-state index in [1.807, 2.05) is 31.2 Å². The Labute approximate surface area is 172 Å². The first-order valence-electron chi connectivity index (χ1n) is 10.1. The molecule has 154 valence electrons. The largest absolute Gasteiger partial charge is 0.349 e. The van der Waals surface area contributed by atoms with Gasteiger partial charge in [0.15, 0.2) is 0 Å². The molecular weight excluding hydrogens is 386 g/mol. The van der Waals surface area contributed by atoms with Gasteiger partial charge >= 0.3 is 0 Å². The molecule has 1 N–H and O–H groups in total. The third kappa shape index (κ3) is 3.89. The van der Waals surface area contributed by atoms with Crippen molar-refractivity contribution in [3.8, 4) is 0 Å². The topological polar surface area (TPSA) is 69.7 Å². The minimum absolute atomic E-state index is 0.129. The van der Waals surface area contributed by atoms with E-state index < -0.39 is 10.0 Å². The summed E-state index contributed by atoms with van der Waals surface area (Å²) >= 11 is 0. The summed E-state index contributed by atoms with van der Waals surface area (Å²) < 4.78 is 28.3. The fraction of sp³-hybridized carbons (Fsp3) is 0.409. The molecule has 2 aliphatic rings. The van der Waals surface area contributed by atoms with Crippen LogP contribution < -0.4 is 9.62 Å². The highest BCUT2D eigenvalue weighted by atomic mass is 32.2. The zero-order valence-electron chi connectivity index (χ0n) is 16.8. The van der Waals surface area contributed by atoms with Crippen molar-refractivity contribution in [3.63, 3.8) is 0 Å². The molecule has 4 rings (SSSR count). The van der Waals surface area contributed by atoms with Crippen LogP contribution in [0, 0.1) is 0 Å². The standard InChI is InChI=1S/C22H27N3O3S/c1-16-14-17-6-3-4-9-21(17)25(16)29(27,28)20-8-5-7-18(15-20)22(26)23-19-10-12-24(2)13-11-19/h3-9,15-16,19H,10-14H2,1-2H3,(H,23,26). The average Bonchev–Trinajstić information content (AvgIpc) is 3.06. The third-order valence-electron chi connectivity index (χ3n) is 5.85. The number of nitrogens with one attached hydrogen (secondary N) is 1. The predicted octanol–water partition coefficient (Wildman–Crippen LogP) is 2.65. The van der Waals surface area contributed by atoms with Crippen molar-refractivity contribution in [3.05, 3.63) is 59.7 Å². The molecule has 1 saturated heterocycles. The second-order valence-corrected chi connectivity index (χ2v) is 9.88. The molecule has 1 atom stereocenters. The second kappa shape index (κ2) is 7.80. The van der Waals surface area contributed by atoms with E-state index in [0.717, 1.165) is 37.2 Å². The smallest absolute Gasteiger partial charge is 0.264 e. The Balaban J connectivity index is 1.57. The maximum atomic E-state index is 13.4. The lowest BCUT2D eigenvalue weighted by molar-refractivity contribution is 0.0916. The van der Waals surface area contributed by atoms with Crippen LogP contribution >= 0.6 is 0 Å². The summed E-state index contributed by atoms with van der Waals surface area (Å²) in [5.74, 6) is -0.216. The second-order valence-electron chi connectivity index (χ2n) is 8.06. The van der Waals surface area contributed by atoms with Crippen molar-refractivity contribution in [2.75, 3.05) is 24.4 Å². The van der Waals surface area contributed by atoms with Crippen molar-refractivity contribution >= 4 is 21.6 Å². The van der Waals surface area contributed by atoms with Gasteiger partial charge in [-0.3, -0.25) is 9.10 Å². The zero-order valence-corrected chi connectivity index (χ0v) is 17.7. The van der Waals surface area contributed by atoms with Gasteiger partial charge in [-0.15, -0.1) is 0 Å². The van der Waals surface area contributed by atoms with E-state index in [1.165, 1.54) is 10.4 Å². The van der Waals surface area contributed by atoms with E-state index in [1.54, 1.807) is 18.2 Å². The van der Waals surface area contributed by atoms with Crippen LogP contribution in [-0.4, -0.2) is 51.4 Å². The van der Waals surface area contributed by atoms with Gasteiger partial charge in [0.2, 0.25) is 0 Å². The van der Waals surface area contributed by atoms with Crippen LogP contribution in [-0.2, 0) is 16.4 Å². The minimum atomic E-state index is -3.75. The monoisotopic (exact) mass is 413 g/mol. The normalized spacial score (nSPS) is 20.5. The van der Waals surface area contributed by atoms with E-state index in [4.69, 9.17) is 0 Å². The third-order valence-corrected chi connectivity index (χ3v) is 7.78. The number of likely N-dealkylation sites (tertiary alicyclic amines) is 1. The maximum Gasteiger partial charge on any atom is 0.264 e. The van der Waals surface area contributed by atoms with Gasteiger partial charge in [-0.25, -0.2) is 8.42 Å². The van der Waals surface area contributed by atoms with E-state index in [-0.39, 0.29) is 22.9 Å². The van der Waals surface area contributed by atoms with Gasteiger partial charge in [0.05, 0.1) is 10.6 Å².